The molecule has 1 aromatic heterocycles. The molecule has 1 fully saturated rings. The largest absolute Gasteiger partial charge is 0.444 e. The van der Waals surface area contributed by atoms with Gasteiger partial charge < -0.3 is 20.7 Å². The van der Waals surface area contributed by atoms with E-state index in [1.807, 2.05) is 0 Å². The zero-order valence-corrected chi connectivity index (χ0v) is 23.4. The Kier molecular flexibility index (Phi) is 7.96. The van der Waals surface area contributed by atoms with Crippen molar-refractivity contribution in [2.24, 2.45) is 0 Å². The van der Waals surface area contributed by atoms with Crippen molar-refractivity contribution in [3.63, 3.8) is 0 Å². The molecule has 2 aromatic carbocycles. The summed E-state index contributed by atoms with van der Waals surface area (Å²) < 4.78 is 74.4. The fraction of sp³-hybridized carbons (Fsp3) is 0.400. The molecule has 1 amide bonds. The summed E-state index contributed by atoms with van der Waals surface area (Å²) in [5, 5.41) is 7.60. The third-order valence-corrected chi connectivity index (χ3v) is 8.58. The van der Waals surface area contributed by atoms with E-state index in [4.69, 9.17) is 22.1 Å². The third kappa shape index (κ3) is 6.61. The smallest absolute Gasteiger partial charge is 0.417 e. The minimum Gasteiger partial charge on any atom is -0.444 e. The second-order valence-electron chi connectivity index (χ2n) is 10.3. The maximum atomic E-state index is 14.1. The lowest BCUT2D eigenvalue weighted by Gasteiger charge is -2.33. The van der Waals surface area contributed by atoms with E-state index in [9.17, 15) is 26.4 Å². The summed E-state index contributed by atoms with van der Waals surface area (Å²) in [6.07, 6.45) is -4.58. The van der Waals surface area contributed by atoms with Gasteiger partial charge in [-0.15, -0.1) is 5.10 Å². The standard InChI is InChI=1S/C25H28ClF3N6O4S/c1-24(2,3)39-23(36)35-10-4-5-17(13-35)40(37,38)16-8-6-14(7-9-16)20-18(25(27,28)29)11-15(12-19(20)26)31-22-32-21(30)33-34-22/h6-9,11-12,17H,4-5,10,13H2,1-3H3,(H4,30,31,32,33,34). The molecule has 1 aliphatic heterocycles. The first-order valence-electron chi connectivity index (χ1n) is 12.2. The van der Waals surface area contributed by atoms with Crippen molar-refractivity contribution in [2.45, 2.75) is 55.5 Å². The highest BCUT2D eigenvalue weighted by atomic mass is 35.5. The van der Waals surface area contributed by atoms with Crippen LogP contribution in [0, 0.1) is 0 Å². The number of aromatic amines is 1. The molecule has 2 heterocycles. The number of amides is 1. The van der Waals surface area contributed by atoms with Gasteiger partial charge in [0.2, 0.25) is 11.9 Å². The number of hydrogen-bond donors (Lipinski definition) is 3. The molecule has 10 nitrogen and oxygen atoms in total. The molecule has 0 saturated carbocycles. The number of nitrogen functional groups attached to an aromatic ring is 1. The molecule has 1 saturated heterocycles. The van der Waals surface area contributed by atoms with E-state index < -0.39 is 38.5 Å². The maximum Gasteiger partial charge on any atom is 0.417 e. The lowest BCUT2D eigenvalue weighted by molar-refractivity contribution is -0.137. The van der Waals surface area contributed by atoms with Gasteiger partial charge in [0, 0.05) is 24.3 Å². The number of sulfone groups is 1. The predicted octanol–water partition coefficient (Wildman–Crippen LogP) is 5.64. The minimum absolute atomic E-state index is 0.0221. The zero-order valence-electron chi connectivity index (χ0n) is 21.8. The highest BCUT2D eigenvalue weighted by molar-refractivity contribution is 7.92. The van der Waals surface area contributed by atoms with Gasteiger partial charge in [0.25, 0.3) is 0 Å². The number of aromatic nitrogens is 3. The van der Waals surface area contributed by atoms with E-state index in [2.05, 4.69) is 20.5 Å². The molecule has 0 spiro atoms. The number of rotatable bonds is 5. The van der Waals surface area contributed by atoms with Crippen molar-refractivity contribution in [2.75, 3.05) is 24.1 Å². The van der Waals surface area contributed by atoms with Crippen LogP contribution in [-0.4, -0.2) is 58.5 Å². The van der Waals surface area contributed by atoms with Crippen LogP contribution < -0.4 is 11.1 Å². The molecule has 0 radical (unpaired) electrons. The fourth-order valence-electron chi connectivity index (χ4n) is 4.34. The van der Waals surface area contributed by atoms with Gasteiger partial charge in [0.15, 0.2) is 9.84 Å². The number of anilines is 3. The van der Waals surface area contributed by atoms with Crippen LogP contribution in [0.4, 0.5) is 35.5 Å². The Morgan fingerprint density at radius 2 is 1.88 bits per heavy atom. The van der Waals surface area contributed by atoms with Crippen LogP contribution in [0.5, 0.6) is 0 Å². The number of nitrogens with zero attached hydrogens (tertiary/aromatic N) is 3. The average Bonchev–Trinajstić information content (AvgIpc) is 3.26. The normalized spacial score (nSPS) is 16.6. The van der Waals surface area contributed by atoms with E-state index in [1.54, 1.807) is 20.8 Å². The lowest BCUT2D eigenvalue weighted by Crippen LogP contribution is -2.47. The van der Waals surface area contributed by atoms with Crippen LogP contribution in [0.1, 0.15) is 39.2 Å². The average molecular weight is 601 g/mol. The Hall–Kier alpha value is -3.52. The number of hydrogen-bond acceptors (Lipinski definition) is 8. The number of likely N-dealkylation sites (tertiary alicyclic amines) is 1. The molecule has 15 heteroatoms. The van der Waals surface area contributed by atoms with Gasteiger partial charge in [0.1, 0.15) is 5.60 Å². The van der Waals surface area contributed by atoms with Crippen molar-refractivity contribution in [3.8, 4) is 11.1 Å². The van der Waals surface area contributed by atoms with Gasteiger partial charge in [-0.2, -0.15) is 18.2 Å². The summed E-state index contributed by atoms with van der Waals surface area (Å²) in [5.41, 5.74) is 3.42. The van der Waals surface area contributed by atoms with Crippen molar-refractivity contribution in [1.29, 1.82) is 0 Å². The number of carbonyl (C=O) groups excluding carboxylic acids is 1. The quantitative estimate of drug-likeness (QED) is 0.341. The Morgan fingerprint density at radius 3 is 2.45 bits per heavy atom. The fourth-order valence-corrected chi connectivity index (χ4v) is 6.42. The Bertz CT molecular complexity index is 1500. The lowest BCUT2D eigenvalue weighted by atomic mass is 9.98. The van der Waals surface area contributed by atoms with Crippen molar-refractivity contribution < 1.29 is 31.1 Å². The molecule has 40 heavy (non-hydrogen) atoms. The SMILES string of the molecule is CC(C)(C)OC(=O)N1CCCC(S(=O)(=O)c2ccc(-c3c(Cl)cc(Nc4n[nH]c(N)n4)cc3C(F)(F)F)cc2)C1. The highest BCUT2D eigenvalue weighted by Gasteiger charge is 2.37. The Morgan fingerprint density at radius 1 is 1.20 bits per heavy atom. The van der Waals surface area contributed by atoms with E-state index >= 15 is 0 Å². The summed E-state index contributed by atoms with van der Waals surface area (Å²) in [4.78, 5) is 17.6. The van der Waals surface area contributed by atoms with Crippen molar-refractivity contribution >= 4 is 45.1 Å². The number of nitrogens with two attached hydrogens (primary N) is 1. The van der Waals surface area contributed by atoms with Crippen LogP contribution >= 0.6 is 11.6 Å². The molecule has 4 N–H and O–H groups in total. The summed E-state index contributed by atoms with van der Waals surface area (Å²) in [7, 11) is -3.90. The highest BCUT2D eigenvalue weighted by Crippen LogP contribution is 2.43. The molecular formula is C25H28ClF3N6O4S. The van der Waals surface area contributed by atoms with E-state index in [0.29, 0.717) is 19.4 Å². The Labute approximate surface area is 234 Å². The number of halogens is 4. The topological polar surface area (TPSA) is 143 Å². The van der Waals surface area contributed by atoms with Gasteiger partial charge >= 0.3 is 12.3 Å². The summed E-state index contributed by atoms with van der Waals surface area (Å²) in [5.74, 6) is -0.0703. The minimum atomic E-state index is -4.79. The first-order chi connectivity index (χ1) is 18.5. The van der Waals surface area contributed by atoms with Crippen LogP contribution in [0.2, 0.25) is 5.02 Å². The molecule has 1 atom stereocenters. The van der Waals surface area contributed by atoms with Gasteiger partial charge in [-0.1, -0.05) is 23.7 Å². The number of nitrogens with one attached hydrogen (secondary N) is 2. The summed E-state index contributed by atoms with van der Waals surface area (Å²) in [6, 6.07) is 7.18. The number of alkyl halides is 3. The monoisotopic (exact) mass is 600 g/mol. The molecule has 3 aromatic rings. The molecule has 4 rings (SSSR count). The second kappa shape index (κ2) is 10.8. The van der Waals surface area contributed by atoms with Crippen molar-refractivity contribution in [1.82, 2.24) is 20.1 Å². The number of ether oxygens (including phenoxy) is 1. The van der Waals surface area contributed by atoms with E-state index in [0.717, 1.165) is 6.07 Å². The maximum absolute atomic E-state index is 14.1. The van der Waals surface area contributed by atoms with Crippen LogP contribution in [-0.2, 0) is 20.8 Å². The molecular weight excluding hydrogens is 573 g/mol. The van der Waals surface area contributed by atoms with Gasteiger partial charge in [-0.25, -0.2) is 18.3 Å². The predicted molar refractivity (Wildman–Crippen MR) is 144 cm³/mol. The van der Waals surface area contributed by atoms with Crippen LogP contribution in [0.25, 0.3) is 11.1 Å². The first-order valence-corrected chi connectivity index (χ1v) is 14.1. The molecule has 0 aliphatic carbocycles. The van der Waals surface area contributed by atoms with Gasteiger partial charge in [-0.05, 0) is 63.4 Å². The van der Waals surface area contributed by atoms with E-state index in [1.165, 1.54) is 35.2 Å². The Balaban J connectivity index is 1.61. The van der Waals surface area contributed by atoms with E-state index in [-0.39, 0.29) is 45.2 Å². The molecule has 1 aliphatic rings. The number of carbonyl (C=O) groups is 1. The summed E-state index contributed by atoms with van der Waals surface area (Å²) in [6.45, 7) is 5.48. The number of benzene rings is 2. The third-order valence-electron chi connectivity index (χ3n) is 6.09. The van der Waals surface area contributed by atoms with Crippen LogP contribution in [0.15, 0.2) is 41.3 Å². The molecule has 0 bridgehead atoms. The van der Waals surface area contributed by atoms with Gasteiger partial charge in [-0.3, -0.25) is 0 Å². The number of piperidine rings is 1. The molecule has 216 valence electrons. The van der Waals surface area contributed by atoms with Crippen LogP contribution in [0.3, 0.4) is 0 Å². The summed E-state index contributed by atoms with van der Waals surface area (Å²) >= 11 is 6.31. The van der Waals surface area contributed by atoms with Gasteiger partial charge in [0.05, 0.1) is 20.7 Å². The molecule has 1 unspecified atom stereocenters. The number of H-pyrrole nitrogens is 1. The van der Waals surface area contributed by atoms with Crippen molar-refractivity contribution in [3.05, 3.63) is 47.0 Å². The first kappa shape index (κ1) is 29.5. The zero-order chi connectivity index (χ0) is 29.5. The second-order valence-corrected chi connectivity index (χ2v) is 12.9.